The molecule has 3 rings (SSSR count). The Morgan fingerprint density at radius 1 is 1.09 bits per heavy atom. The van der Waals surface area contributed by atoms with Gasteiger partial charge in [-0.1, -0.05) is 54.1 Å². The van der Waals surface area contributed by atoms with Gasteiger partial charge in [-0.25, -0.2) is 9.78 Å². The highest BCUT2D eigenvalue weighted by molar-refractivity contribution is 6.06. The van der Waals surface area contributed by atoms with Gasteiger partial charge >= 0.3 is 5.97 Å². The minimum Gasteiger partial charge on any atom is -0.478 e. The van der Waals surface area contributed by atoms with E-state index in [-0.39, 0.29) is 5.78 Å². The summed E-state index contributed by atoms with van der Waals surface area (Å²) in [4.78, 5) is 28.9. The largest absolute Gasteiger partial charge is 0.478 e. The lowest BCUT2D eigenvalue weighted by atomic mass is 10.1. The molecule has 6 heteroatoms. The van der Waals surface area contributed by atoms with Gasteiger partial charge in [-0.15, -0.1) is 0 Å². The smallest absolute Gasteiger partial charge is 0.347 e. The molecule has 0 saturated carbocycles. The quantitative estimate of drug-likeness (QED) is 0.507. The van der Waals surface area contributed by atoms with Crippen LogP contribution in [0.5, 0.6) is 5.75 Å². The van der Waals surface area contributed by atoms with Crippen LogP contribution in [0.15, 0.2) is 54.6 Å². The van der Waals surface area contributed by atoms with Crippen LogP contribution in [-0.2, 0) is 11.3 Å². The fourth-order valence-electron chi connectivity index (χ4n) is 3.20. The van der Waals surface area contributed by atoms with E-state index in [1.807, 2.05) is 73.9 Å². The minimum atomic E-state index is -1.32. The normalized spacial score (nSPS) is 11.7. The van der Waals surface area contributed by atoms with Crippen LogP contribution in [0, 0.1) is 20.8 Å². The van der Waals surface area contributed by atoms with Crippen molar-refractivity contribution in [2.24, 2.45) is 0 Å². The maximum Gasteiger partial charge on any atom is 0.347 e. The van der Waals surface area contributed by atoms with Gasteiger partial charge in [0.1, 0.15) is 5.75 Å². The Morgan fingerprint density at radius 3 is 2.44 bits per heavy atom. The first kappa shape index (κ1) is 23.0. The van der Waals surface area contributed by atoms with Crippen LogP contribution in [0.3, 0.4) is 0 Å². The number of ketones is 1. The number of carbonyl (C=O) groups is 2. The van der Waals surface area contributed by atoms with E-state index in [0.29, 0.717) is 23.7 Å². The van der Waals surface area contributed by atoms with Crippen LogP contribution in [0.2, 0.25) is 0 Å². The van der Waals surface area contributed by atoms with Crippen molar-refractivity contribution >= 4 is 17.8 Å². The fourth-order valence-corrected chi connectivity index (χ4v) is 3.20. The van der Waals surface area contributed by atoms with Gasteiger partial charge < -0.3 is 14.4 Å². The molecule has 32 heavy (non-hydrogen) atoms. The lowest BCUT2D eigenvalue weighted by Crippen LogP contribution is -2.37. The molecule has 0 unspecified atom stereocenters. The monoisotopic (exact) mass is 432 g/mol. The molecule has 0 radical (unpaired) electrons. The van der Waals surface area contributed by atoms with Crippen molar-refractivity contribution < 1.29 is 19.4 Å². The Kier molecular flexibility index (Phi) is 6.63. The first-order valence-corrected chi connectivity index (χ1v) is 10.4. The molecule has 0 aliphatic rings. The number of carbonyl (C=O) groups excluding carboxylic acids is 1. The summed E-state index contributed by atoms with van der Waals surface area (Å²) < 4.78 is 7.51. The van der Waals surface area contributed by atoms with Gasteiger partial charge in [0.25, 0.3) is 0 Å². The van der Waals surface area contributed by atoms with Gasteiger partial charge in [-0.05, 0) is 52.3 Å². The topological polar surface area (TPSA) is 81.4 Å². The van der Waals surface area contributed by atoms with Crippen LogP contribution >= 0.6 is 0 Å². The summed E-state index contributed by atoms with van der Waals surface area (Å²) in [5, 5.41) is 9.26. The van der Waals surface area contributed by atoms with Crippen molar-refractivity contribution in [1.29, 1.82) is 0 Å². The number of rotatable bonds is 8. The molecule has 0 aliphatic carbocycles. The fraction of sp³-hybridized carbons (Fsp3) is 0.269. The molecule has 0 fully saturated rings. The first-order chi connectivity index (χ1) is 15.1. The first-order valence-electron chi connectivity index (χ1n) is 10.4. The molecule has 0 atom stereocenters. The van der Waals surface area contributed by atoms with Crippen LogP contribution < -0.4 is 4.74 Å². The molecule has 2 aromatic carbocycles. The van der Waals surface area contributed by atoms with Gasteiger partial charge in [0.15, 0.2) is 11.4 Å². The summed E-state index contributed by atoms with van der Waals surface area (Å²) in [5.74, 6) is -0.255. The lowest BCUT2D eigenvalue weighted by molar-refractivity contribution is -0.152. The predicted octanol–water partition coefficient (Wildman–Crippen LogP) is 4.99. The maximum absolute atomic E-state index is 13.0. The van der Waals surface area contributed by atoms with Crippen molar-refractivity contribution in [3.05, 3.63) is 88.5 Å². The van der Waals surface area contributed by atoms with Gasteiger partial charge in [0.05, 0.1) is 5.69 Å². The molecule has 0 saturated heterocycles. The number of benzene rings is 2. The summed E-state index contributed by atoms with van der Waals surface area (Å²) >= 11 is 0. The van der Waals surface area contributed by atoms with E-state index >= 15 is 0 Å². The zero-order valence-corrected chi connectivity index (χ0v) is 19.0. The Bertz CT molecular complexity index is 1170. The number of allylic oxidation sites excluding steroid dienone is 1. The number of hydrogen-bond donors (Lipinski definition) is 1. The third-order valence-corrected chi connectivity index (χ3v) is 5.32. The lowest BCUT2D eigenvalue weighted by Gasteiger charge is -2.21. The van der Waals surface area contributed by atoms with E-state index in [9.17, 15) is 14.7 Å². The molecular formula is C26H28N2O4. The molecule has 1 aromatic heterocycles. The summed E-state index contributed by atoms with van der Waals surface area (Å²) in [5.41, 5.74) is 3.00. The Hall–Kier alpha value is -3.67. The molecule has 0 amide bonds. The van der Waals surface area contributed by atoms with E-state index in [1.54, 1.807) is 12.1 Å². The summed E-state index contributed by atoms with van der Waals surface area (Å²) in [6.45, 7) is 9.32. The molecular weight excluding hydrogens is 404 g/mol. The average Bonchev–Trinajstić information content (AvgIpc) is 3.02. The average molecular weight is 433 g/mol. The summed E-state index contributed by atoms with van der Waals surface area (Å²) in [6, 6.07) is 14.7. The van der Waals surface area contributed by atoms with Crippen LogP contribution in [0.1, 0.15) is 52.5 Å². The predicted molar refractivity (Wildman–Crippen MR) is 124 cm³/mol. The Labute approximate surface area is 188 Å². The molecule has 3 aromatic rings. The van der Waals surface area contributed by atoms with Crippen molar-refractivity contribution in [3.63, 3.8) is 0 Å². The molecule has 166 valence electrons. The number of carboxylic acids is 1. The maximum atomic E-state index is 13.0. The van der Waals surface area contributed by atoms with Gasteiger partial charge in [0, 0.05) is 17.8 Å². The van der Waals surface area contributed by atoms with Crippen molar-refractivity contribution in [3.8, 4) is 5.75 Å². The zero-order valence-electron chi connectivity index (χ0n) is 19.0. The number of aryl methyl sites for hydroxylation is 2. The van der Waals surface area contributed by atoms with Gasteiger partial charge in [-0.3, -0.25) is 4.79 Å². The number of hydrogen-bond acceptors (Lipinski definition) is 4. The molecule has 0 spiro atoms. The Morgan fingerprint density at radius 2 is 1.78 bits per heavy atom. The number of imidazole rings is 1. The van der Waals surface area contributed by atoms with E-state index in [2.05, 4.69) is 4.98 Å². The zero-order chi connectivity index (χ0) is 23.5. The molecule has 0 bridgehead atoms. The highest BCUT2D eigenvalue weighted by Crippen LogP contribution is 2.21. The second-order valence-electron chi connectivity index (χ2n) is 8.30. The molecule has 6 nitrogen and oxygen atoms in total. The standard InChI is InChI=1S/C26H28N2O4/c1-17-11-13-21(14-12-17)23(29)24-27-18(2)19(3)28(24)15-7-9-20-8-6-10-22(16-20)32-26(4,5)25(30)31/h6-14,16H,15H2,1-5H3,(H,30,31)/b9-7+. The van der Waals surface area contributed by atoms with Crippen molar-refractivity contribution in [2.45, 2.75) is 46.8 Å². The summed E-state index contributed by atoms with van der Waals surface area (Å²) in [7, 11) is 0. The molecule has 1 N–H and O–H groups in total. The number of carboxylic acid groups (broad SMARTS) is 1. The van der Waals surface area contributed by atoms with Crippen LogP contribution in [0.25, 0.3) is 6.08 Å². The van der Waals surface area contributed by atoms with Crippen LogP contribution in [-0.4, -0.2) is 32.0 Å². The van der Waals surface area contributed by atoms with E-state index in [1.165, 1.54) is 13.8 Å². The van der Waals surface area contributed by atoms with Crippen molar-refractivity contribution in [1.82, 2.24) is 9.55 Å². The SMILES string of the molecule is Cc1ccc(C(=O)c2nc(C)c(C)n2C/C=C/c2cccc(OC(C)(C)C(=O)O)c2)cc1. The van der Waals surface area contributed by atoms with Crippen molar-refractivity contribution in [2.75, 3.05) is 0 Å². The highest BCUT2D eigenvalue weighted by Gasteiger charge is 2.29. The second kappa shape index (κ2) is 9.22. The van der Waals surface area contributed by atoms with E-state index in [0.717, 1.165) is 22.5 Å². The molecule has 0 aliphatic heterocycles. The second-order valence-corrected chi connectivity index (χ2v) is 8.30. The third-order valence-electron chi connectivity index (χ3n) is 5.32. The number of aliphatic carboxylic acids is 1. The third kappa shape index (κ3) is 5.14. The number of ether oxygens (including phenoxy) is 1. The van der Waals surface area contributed by atoms with E-state index in [4.69, 9.17) is 4.74 Å². The van der Waals surface area contributed by atoms with Gasteiger partial charge in [-0.2, -0.15) is 0 Å². The minimum absolute atomic E-state index is 0.110. The molecule has 1 heterocycles. The summed E-state index contributed by atoms with van der Waals surface area (Å²) in [6.07, 6.45) is 3.86. The Balaban J connectivity index is 1.80. The van der Waals surface area contributed by atoms with Gasteiger partial charge in [0.2, 0.25) is 5.78 Å². The number of aromatic nitrogens is 2. The van der Waals surface area contributed by atoms with E-state index < -0.39 is 11.6 Å². The highest BCUT2D eigenvalue weighted by atomic mass is 16.5. The van der Waals surface area contributed by atoms with Crippen LogP contribution in [0.4, 0.5) is 0 Å². The number of nitrogens with zero attached hydrogens (tertiary/aromatic N) is 2.